The van der Waals surface area contributed by atoms with Crippen molar-refractivity contribution in [3.8, 4) is 5.75 Å². The molecule has 3 rings (SSSR count). The van der Waals surface area contributed by atoms with Gasteiger partial charge in [-0.3, -0.25) is 9.78 Å². The number of amides is 1. The molecule has 6 nitrogen and oxygen atoms in total. The van der Waals surface area contributed by atoms with Crippen LogP contribution in [0.5, 0.6) is 5.75 Å². The van der Waals surface area contributed by atoms with Gasteiger partial charge >= 0.3 is 0 Å². The number of rotatable bonds is 6. The maximum absolute atomic E-state index is 11.9. The molecule has 0 radical (unpaired) electrons. The first-order chi connectivity index (χ1) is 12.2. The summed E-state index contributed by atoms with van der Waals surface area (Å²) >= 11 is 7.17. The molecule has 0 saturated heterocycles. The van der Waals surface area contributed by atoms with Gasteiger partial charge < -0.3 is 4.74 Å². The summed E-state index contributed by atoms with van der Waals surface area (Å²) in [5, 5.41) is 3.97. The standard InChI is InChI=1S/C17H13ClN4O2S/c18-17-20-10-14(25-17)11-24-15-6-2-1-4-12(15)9-21-22-16(23)13-5-3-7-19-8-13/h1-10H,11H2,(H,22,23)/b21-9-. The molecule has 1 aromatic carbocycles. The number of hydrogen-bond acceptors (Lipinski definition) is 6. The number of carbonyl (C=O) groups is 1. The van der Waals surface area contributed by atoms with Crippen LogP contribution in [-0.4, -0.2) is 22.1 Å². The summed E-state index contributed by atoms with van der Waals surface area (Å²) in [5.74, 6) is 0.313. The van der Waals surface area contributed by atoms with E-state index in [1.165, 1.54) is 23.7 Å². The third kappa shape index (κ3) is 4.85. The van der Waals surface area contributed by atoms with Crippen molar-refractivity contribution in [1.29, 1.82) is 0 Å². The van der Waals surface area contributed by atoms with E-state index >= 15 is 0 Å². The maximum atomic E-state index is 11.9. The number of ether oxygens (including phenoxy) is 1. The van der Waals surface area contributed by atoms with Gasteiger partial charge in [0, 0.05) is 24.2 Å². The molecule has 3 aromatic rings. The number of nitrogens with zero attached hydrogens (tertiary/aromatic N) is 3. The number of hydrogen-bond donors (Lipinski definition) is 1. The van der Waals surface area contributed by atoms with Crippen molar-refractivity contribution in [2.75, 3.05) is 0 Å². The van der Waals surface area contributed by atoms with Gasteiger partial charge in [0.1, 0.15) is 12.4 Å². The van der Waals surface area contributed by atoms with Gasteiger partial charge in [-0.2, -0.15) is 5.10 Å². The predicted molar refractivity (Wildman–Crippen MR) is 97.2 cm³/mol. The topological polar surface area (TPSA) is 76.5 Å². The van der Waals surface area contributed by atoms with E-state index in [0.29, 0.717) is 22.4 Å². The van der Waals surface area contributed by atoms with Crippen molar-refractivity contribution in [3.05, 3.63) is 75.5 Å². The lowest BCUT2D eigenvalue weighted by molar-refractivity contribution is 0.0954. The molecule has 0 saturated carbocycles. The number of para-hydroxylation sites is 1. The average molecular weight is 373 g/mol. The van der Waals surface area contributed by atoms with Crippen molar-refractivity contribution in [2.24, 2.45) is 5.10 Å². The Morgan fingerprint density at radius 2 is 2.16 bits per heavy atom. The van der Waals surface area contributed by atoms with Crippen LogP contribution in [-0.2, 0) is 6.61 Å². The minimum absolute atomic E-state index is 0.331. The zero-order valence-corrected chi connectivity index (χ0v) is 14.5. The molecule has 0 aliphatic carbocycles. The summed E-state index contributed by atoms with van der Waals surface area (Å²) in [6, 6.07) is 10.7. The van der Waals surface area contributed by atoms with Gasteiger partial charge in [0.25, 0.3) is 5.91 Å². The Bertz CT molecular complexity index is 883. The Balaban J connectivity index is 1.63. The van der Waals surface area contributed by atoms with Crippen LogP contribution >= 0.6 is 22.9 Å². The summed E-state index contributed by atoms with van der Waals surface area (Å²) in [7, 11) is 0. The van der Waals surface area contributed by atoms with E-state index in [1.54, 1.807) is 24.5 Å². The fraction of sp³-hybridized carbons (Fsp3) is 0.0588. The third-order valence-electron chi connectivity index (χ3n) is 3.11. The van der Waals surface area contributed by atoms with Crippen LogP contribution in [0.1, 0.15) is 20.8 Å². The van der Waals surface area contributed by atoms with Gasteiger partial charge in [0.15, 0.2) is 4.47 Å². The number of benzene rings is 1. The summed E-state index contributed by atoms with van der Waals surface area (Å²) in [6.07, 6.45) is 6.28. The van der Waals surface area contributed by atoms with Gasteiger partial charge in [-0.1, -0.05) is 23.7 Å². The van der Waals surface area contributed by atoms with Crippen LogP contribution in [0.3, 0.4) is 0 Å². The quantitative estimate of drug-likeness (QED) is 0.530. The highest BCUT2D eigenvalue weighted by Gasteiger charge is 2.05. The highest BCUT2D eigenvalue weighted by molar-refractivity contribution is 7.15. The van der Waals surface area contributed by atoms with Crippen LogP contribution < -0.4 is 10.2 Å². The van der Waals surface area contributed by atoms with Gasteiger partial charge in [-0.05, 0) is 24.3 Å². The van der Waals surface area contributed by atoms with E-state index in [1.807, 2.05) is 24.3 Å². The third-order valence-corrected chi connectivity index (χ3v) is 4.20. The first kappa shape index (κ1) is 17.1. The van der Waals surface area contributed by atoms with E-state index in [2.05, 4.69) is 20.5 Å². The highest BCUT2D eigenvalue weighted by atomic mass is 35.5. The van der Waals surface area contributed by atoms with Crippen LogP contribution in [0.2, 0.25) is 4.47 Å². The molecule has 0 atom stereocenters. The fourth-order valence-electron chi connectivity index (χ4n) is 1.94. The van der Waals surface area contributed by atoms with Crippen molar-refractivity contribution in [3.63, 3.8) is 0 Å². The van der Waals surface area contributed by atoms with Crippen molar-refractivity contribution in [2.45, 2.75) is 6.61 Å². The van der Waals surface area contributed by atoms with E-state index in [4.69, 9.17) is 16.3 Å². The Kier molecular flexibility index (Phi) is 5.71. The Morgan fingerprint density at radius 3 is 2.92 bits per heavy atom. The molecule has 126 valence electrons. The maximum Gasteiger partial charge on any atom is 0.272 e. The van der Waals surface area contributed by atoms with Crippen LogP contribution in [0, 0.1) is 0 Å². The zero-order chi connectivity index (χ0) is 17.5. The van der Waals surface area contributed by atoms with Crippen LogP contribution in [0.15, 0.2) is 60.1 Å². The first-order valence-corrected chi connectivity index (χ1v) is 8.47. The molecule has 2 aromatic heterocycles. The van der Waals surface area contributed by atoms with Crippen molar-refractivity contribution < 1.29 is 9.53 Å². The number of halogens is 1. The number of pyridine rings is 1. The van der Waals surface area contributed by atoms with Gasteiger partial charge in [-0.25, -0.2) is 10.4 Å². The molecule has 0 unspecified atom stereocenters. The molecule has 1 N–H and O–H groups in total. The summed E-state index contributed by atoms with van der Waals surface area (Å²) < 4.78 is 6.25. The predicted octanol–water partition coefficient (Wildman–Crippen LogP) is 3.53. The molecule has 8 heteroatoms. The van der Waals surface area contributed by atoms with E-state index < -0.39 is 0 Å². The number of nitrogens with one attached hydrogen (secondary N) is 1. The molecular weight excluding hydrogens is 360 g/mol. The van der Waals surface area contributed by atoms with E-state index in [-0.39, 0.29) is 5.91 Å². The molecule has 0 aliphatic rings. The number of thiazole rings is 1. The van der Waals surface area contributed by atoms with Crippen molar-refractivity contribution in [1.82, 2.24) is 15.4 Å². The molecule has 2 heterocycles. The summed E-state index contributed by atoms with van der Waals surface area (Å²) in [5.41, 5.74) is 3.64. The second-order valence-corrected chi connectivity index (χ2v) is 6.54. The highest BCUT2D eigenvalue weighted by Crippen LogP contribution is 2.21. The molecule has 0 bridgehead atoms. The first-order valence-electron chi connectivity index (χ1n) is 7.28. The molecule has 1 amide bonds. The van der Waals surface area contributed by atoms with E-state index in [0.717, 1.165) is 10.4 Å². The normalized spacial score (nSPS) is 10.8. The second kappa shape index (κ2) is 8.36. The zero-order valence-electron chi connectivity index (χ0n) is 12.9. The molecule has 25 heavy (non-hydrogen) atoms. The Hall–Kier alpha value is -2.77. The number of carbonyl (C=O) groups excluding carboxylic acids is 1. The minimum atomic E-state index is -0.331. The van der Waals surface area contributed by atoms with Crippen molar-refractivity contribution >= 4 is 35.1 Å². The lowest BCUT2D eigenvalue weighted by Gasteiger charge is -2.07. The van der Waals surface area contributed by atoms with E-state index in [9.17, 15) is 4.79 Å². The molecular formula is C17H13ClN4O2S. The minimum Gasteiger partial charge on any atom is -0.487 e. The second-order valence-electron chi connectivity index (χ2n) is 4.85. The lowest BCUT2D eigenvalue weighted by Crippen LogP contribution is -2.17. The smallest absolute Gasteiger partial charge is 0.272 e. The van der Waals surface area contributed by atoms with Gasteiger partial charge in [-0.15, -0.1) is 11.3 Å². The number of hydrazone groups is 1. The SMILES string of the molecule is O=C(N/N=C\c1ccccc1OCc1cnc(Cl)s1)c1cccnc1. The molecule has 0 fully saturated rings. The molecule has 0 aliphatic heterocycles. The van der Waals surface area contributed by atoms with Gasteiger partial charge in [0.05, 0.1) is 16.7 Å². The molecule has 0 spiro atoms. The fourth-order valence-corrected chi connectivity index (χ4v) is 2.83. The van der Waals surface area contributed by atoms with Gasteiger partial charge in [0.2, 0.25) is 0 Å². The van der Waals surface area contributed by atoms with Crippen LogP contribution in [0.25, 0.3) is 0 Å². The Morgan fingerprint density at radius 1 is 1.28 bits per heavy atom. The summed E-state index contributed by atoms with van der Waals surface area (Å²) in [6.45, 7) is 0.358. The average Bonchev–Trinajstić information content (AvgIpc) is 3.07. The Labute approximate surface area is 153 Å². The van der Waals surface area contributed by atoms with Crippen LogP contribution in [0.4, 0.5) is 0 Å². The largest absolute Gasteiger partial charge is 0.487 e. The monoisotopic (exact) mass is 372 g/mol. The lowest BCUT2D eigenvalue weighted by atomic mass is 10.2. The number of aromatic nitrogens is 2. The summed E-state index contributed by atoms with van der Waals surface area (Å²) in [4.78, 5) is 20.7.